The predicted molar refractivity (Wildman–Crippen MR) is 334 cm³/mol. The van der Waals surface area contributed by atoms with E-state index in [2.05, 4.69) is 68.1 Å². The smallest absolute Gasteiger partial charge is 0.326 e. The maximum atomic E-state index is 14.5. The van der Waals surface area contributed by atoms with Crippen molar-refractivity contribution in [1.29, 1.82) is 0 Å². The highest BCUT2D eigenvalue weighted by atomic mass is 16.4. The number of phenolic OH excluding ortho intramolecular Hbond substituents is 1. The monoisotopic (exact) mass is 1380 g/mol. The third kappa shape index (κ3) is 32.8. The number of aliphatic hydroxyl groups is 1. The van der Waals surface area contributed by atoms with Crippen LogP contribution in [0.25, 0.3) is 0 Å². The maximum Gasteiger partial charge on any atom is 0.326 e. The Bertz CT molecular complexity index is 3290. The van der Waals surface area contributed by atoms with E-state index in [0.717, 1.165) is 13.8 Å². The number of benzene rings is 2. The number of hydrogen-bond acceptors (Lipinski definition) is 21. The molecule has 3 rings (SSSR count). The highest BCUT2D eigenvalue weighted by Gasteiger charge is 2.36. The fraction of sp³-hybridized carbons (Fsp3) is 0.448. The van der Waals surface area contributed by atoms with Crippen LogP contribution in [0.15, 0.2) is 72.1 Å². The van der Waals surface area contributed by atoms with Gasteiger partial charge in [0.1, 0.15) is 60.1 Å². The van der Waals surface area contributed by atoms with Crippen LogP contribution in [-0.4, -0.2) is 232 Å². The van der Waals surface area contributed by atoms with Crippen LogP contribution in [0.4, 0.5) is 0 Å². The van der Waals surface area contributed by atoms with Crippen LogP contribution in [0.5, 0.6) is 5.75 Å². The quantitative estimate of drug-likeness (QED) is 0.0142. The fourth-order valence-corrected chi connectivity index (χ4v) is 8.51. The summed E-state index contributed by atoms with van der Waals surface area (Å²) in [7, 11) is 0. The van der Waals surface area contributed by atoms with Gasteiger partial charge < -0.3 is 116 Å². The second-order valence-electron chi connectivity index (χ2n) is 21.5. The highest BCUT2D eigenvalue weighted by molar-refractivity contribution is 5.99. The summed E-state index contributed by atoms with van der Waals surface area (Å²) in [6.45, 7) is -0.0935. The van der Waals surface area contributed by atoms with E-state index in [0.29, 0.717) is 11.1 Å². The number of carbonyl (C=O) groups is 16. The molecule has 3 aromatic rings. The maximum absolute atomic E-state index is 14.5. The van der Waals surface area contributed by atoms with Crippen molar-refractivity contribution >= 4 is 101 Å². The number of aliphatic imine (C=N–C) groups is 1. The van der Waals surface area contributed by atoms with Gasteiger partial charge >= 0.3 is 29.8 Å². The molecule has 2 aromatic carbocycles. The van der Waals surface area contributed by atoms with E-state index in [-0.39, 0.29) is 49.6 Å². The number of aliphatic carboxylic acids is 6. The second kappa shape index (κ2) is 42.5. The second-order valence-corrected chi connectivity index (χ2v) is 21.5. The lowest BCUT2D eigenvalue weighted by Gasteiger charge is -2.27. The number of rotatable bonds is 42. The molecule has 25 N–H and O–H groups in total. The number of imidazole rings is 1. The first-order valence-electron chi connectivity index (χ1n) is 29.6. The number of aromatic nitrogens is 2. The van der Waals surface area contributed by atoms with Gasteiger partial charge in [0.25, 0.3) is 5.97 Å². The summed E-state index contributed by atoms with van der Waals surface area (Å²) < 4.78 is 0. The number of carboxylic acids is 6. The van der Waals surface area contributed by atoms with E-state index in [1.165, 1.54) is 36.8 Å². The molecule has 10 atom stereocenters. The van der Waals surface area contributed by atoms with Crippen molar-refractivity contribution < 1.29 is 118 Å². The lowest BCUT2D eigenvalue weighted by molar-refractivity contribution is -0.144. The van der Waals surface area contributed by atoms with Crippen molar-refractivity contribution in [2.75, 3.05) is 19.7 Å². The van der Waals surface area contributed by atoms with Crippen LogP contribution >= 0.6 is 0 Å². The minimum Gasteiger partial charge on any atom is -0.508 e. The van der Waals surface area contributed by atoms with E-state index in [4.69, 9.17) is 37.3 Å². The molecule has 0 saturated heterocycles. The van der Waals surface area contributed by atoms with E-state index in [1.54, 1.807) is 30.3 Å². The third-order valence-electron chi connectivity index (χ3n) is 13.4. The first kappa shape index (κ1) is 82.3. The van der Waals surface area contributed by atoms with Crippen LogP contribution in [0.1, 0.15) is 82.0 Å². The highest BCUT2D eigenvalue weighted by Crippen LogP contribution is 2.14. The Labute approximate surface area is 556 Å². The Morgan fingerprint density at radius 1 is 0.510 bits per heavy atom. The molecule has 1 heterocycles. The van der Waals surface area contributed by atoms with Gasteiger partial charge in [-0.15, -0.1) is 0 Å². The number of aliphatic hydroxyl groups excluding tert-OH is 1. The Balaban J connectivity index is 0.00000793. The van der Waals surface area contributed by atoms with Crippen LogP contribution in [0, 0.1) is 0 Å². The van der Waals surface area contributed by atoms with Gasteiger partial charge in [-0.05, 0) is 55.9 Å². The van der Waals surface area contributed by atoms with Crippen molar-refractivity contribution in [2.45, 2.75) is 145 Å². The van der Waals surface area contributed by atoms with Crippen molar-refractivity contribution in [3.8, 4) is 5.75 Å². The van der Waals surface area contributed by atoms with Crippen LogP contribution in [-0.2, 0) is 96.0 Å². The molecule has 0 aliphatic rings. The number of carboxylic acid groups (broad SMARTS) is 6. The zero-order valence-electron chi connectivity index (χ0n) is 52.8. The summed E-state index contributed by atoms with van der Waals surface area (Å²) in [5.41, 5.74) is 17.5. The zero-order valence-corrected chi connectivity index (χ0v) is 52.8. The summed E-state index contributed by atoms with van der Waals surface area (Å²) in [4.78, 5) is 214. The number of aromatic amines is 1. The molecule has 0 aliphatic heterocycles. The molecule has 0 radical (unpaired) electrons. The average Bonchev–Trinajstić information content (AvgIpc) is 1.09. The predicted octanol–water partition coefficient (Wildman–Crippen LogP) is -7.13. The number of guanidine groups is 1. The molecule has 0 aliphatic carbocycles. The normalized spacial score (nSPS) is 13.7. The summed E-state index contributed by atoms with van der Waals surface area (Å²) in [6, 6.07) is -4.08. The molecule has 0 spiro atoms. The molecule has 98 heavy (non-hydrogen) atoms. The number of nitrogens with one attached hydrogen (secondary N) is 11. The fourth-order valence-electron chi connectivity index (χ4n) is 8.51. The van der Waals surface area contributed by atoms with E-state index in [1.807, 2.05) is 0 Å². The number of aromatic hydroxyl groups is 1. The number of hydrogen-bond donors (Lipinski definition) is 22. The first-order valence-corrected chi connectivity index (χ1v) is 29.6. The summed E-state index contributed by atoms with van der Waals surface area (Å²) in [5.74, 6) is -20.4. The Hall–Kier alpha value is -11.8. The Kier molecular flexibility index (Phi) is 35.7. The number of carbonyl (C=O) groups excluding carboxylic acids is 10. The first-order chi connectivity index (χ1) is 46.1. The van der Waals surface area contributed by atoms with Gasteiger partial charge in [-0.25, -0.2) is 9.78 Å². The molecule has 0 saturated carbocycles. The van der Waals surface area contributed by atoms with Gasteiger partial charge in [-0.2, -0.15) is 0 Å². The summed E-state index contributed by atoms with van der Waals surface area (Å²) in [5, 5.41) is 97.1. The molecule has 0 unspecified atom stereocenters. The summed E-state index contributed by atoms with van der Waals surface area (Å²) in [6.07, 6.45) is -3.57. The number of phenols is 1. The third-order valence-corrected chi connectivity index (χ3v) is 13.4. The molecule has 0 fully saturated rings. The van der Waals surface area contributed by atoms with Gasteiger partial charge in [0.05, 0.1) is 38.4 Å². The molecule has 536 valence electrons. The van der Waals surface area contributed by atoms with Crippen LogP contribution in [0.2, 0.25) is 0 Å². The van der Waals surface area contributed by atoms with Crippen molar-refractivity contribution in [2.24, 2.45) is 22.2 Å². The van der Waals surface area contributed by atoms with Crippen molar-refractivity contribution in [3.63, 3.8) is 0 Å². The Morgan fingerprint density at radius 2 is 0.959 bits per heavy atom. The van der Waals surface area contributed by atoms with Gasteiger partial charge in [-0.1, -0.05) is 42.5 Å². The number of nitrogens with two attached hydrogens (primary N) is 3. The van der Waals surface area contributed by atoms with E-state index in [9.17, 15) is 97.5 Å². The lowest BCUT2D eigenvalue weighted by atomic mass is 10.0. The molecule has 10 amide bonds. The van der Waals surface area contributed by atoms with Crippen molar-refractivity contribution in [3.05, 3.63) is 83.9 Å². The summed E-state index contributed by atoms with van der Waals surface area (Å²) >= 11 is 0. The molecular weight excluding hydrogens is 1300 g/mol. The average molecular weight is 1390 g/mol. The Morgan fingerprint density at radius 3 is 1.46 bits per heavy atom. The van der Waals surface area contributed by atoms with E-state index >= 15 is 0 Å². The molecule has 0 bridgehead atoms. The molecule has 40 heteroatoms. The molecular formula is C58H80N16O24. The standard InChI is InChI=1S/C56H76N16O22.C2H4O2/c1-27(64-47(85)32(57)21-44(80)81)46(84)66-34(13-15-42(76)77)50(88)69-37(18-28-6-3-2-4-7-28)52(90)67-33(8-5-17-61-56(58)59)49(87)70-38(20-30-23-60-26-63-30)53(91)71-39(22-45(82)83)54(92)72-40(25-73)48(86)62-24-41(75)65-36(19-29-9-11-31(74)12-10-29)51(89)68-35(55(93)94)14-16-43(78)79;1-2(3)4/h2-4,6-7,9-12,23,26-27,32-40,73-74H,5,8,13-22,24-25,57H2,1H3,(H,60,63)(H,62,86)(H,64,85)(H,65,75)(H,66,84)(H,67,90)(H,68,89)(H,69,88)(H,70,87)(H,71,91)(H,72,92)(H,76,77)(H,78,79)(H,80,81)(H,82,83)(H,93,94)(H4,58,59,61);1H3,(H,3,4)/t27-,32-,33-,34-,35-,36-,37-,38-,39-,40-;/m0./s1. The minimum absolute atomic E-state index is 0.0565. The lowest BCUT2D eigenvalue weighted by Crippen LogP contribution is -2.61. The van der Waals surface area contributed by atoms with Gasteiger partial charge in [0.2, 0.25) is 59.1 Å². The minimum atomic E-state index is -2.11. The van der Waals surface area contributed by atoms with Crippen molar-refractivity contribution in [1.82, 2.24) is 63.1 Å². The number of nitrogens with zero attached hydrogens (tertiary/aromatic N) is 2. The zero-order chi connectivity index (χ0) is 73.8. The largest absolute Gasteiger partial charge is 0.508 e. The molecule has 1 aromatic heterocycles. The van der Waals surface area contributed by atoms with E-state index < -0.39 is 213 Å². The molecule has 40 nitrogen and oxygen atoms in total. The topological polar surface area (TPSA) is 674 Å². The number of amides is 10. The number of H-pyrrole nitrogens is 1. The van der Waals surface area contributed by atoms with Gasteiger partial charge in [0, 0.05) is 57.5 Å². The van der Waals surface area contributed by atoms with Gasteiger partial charge in [-0.3, -0.25) is 76.9 Å². The van der Waals surface area contributed by atoms with Crippen LogP contribution in [0.3, 0.4) is 0 Å². The SMILES string of the molecule is CC(=O)O.C[C@H](NC(=O)[C@@H](N)CC(=O)O)C(=O)N[C@@H](CCC(=O)O)C(=O)N[C@@H](Cc1ccccc1)C(=O)N[C@@H](CCCN=C(N)N)C(=O)N[C@@H](Cc1cnc[nH]1)C(=O)N[C@@H](CC(=O)O)C(=O)N[C@@H](CO)C(=O)NCC(=O)N[C@@H](Cc1ccc(O)cc1)C(=O)N[C@@H](CCC(=O)O)C(=O)O. The van der Waals surface area contributed by atoms with Crippen LogP contribution < -0.4 is 70.4 Å². The van der Waals surface area contributed by atoms with Gasteiger partial charge in [0.15, 0.2) is 5.96 Å².